The van der Waals surface area contributed by atoms with Crippen LogP contribution in [0.25, 0.3) is 6.08 Å². The number of thioether (sulfide) groups is 1. The van der Waals surface area contributed by atoms with Crippen molar-refractivity contribution in [3.8, 4) is 0 Å². The maximum Gasteiger partial charge on any atom is 0.272 e. The van der Waals surface area contributed by atoms with Gasteiger partial charge in [0, 0.05) is 21.2 Å². The van der Waals surface area contributed by atoms with Crippen molar-refractivity contribution in [1.29, 1.82) is 0 Å². The number of benzene rings is 3. The molecule has 0 saturated carbocycles. The van der Waals surface area contributed by atoms with Crippen LogP contribution in [0.5, 0.6) is 0 Å². The van der Waals surface area contributed by atoms with Gasteiger partial charge in [-0.1, -0.05) is 59.3 Å². The van der Waals surface area contributed by atoms with Crippen LogP contribution in [0.15, 0.2) is 89.5 Å². The van der Waals surface area contributed by atoms with E-state index in [9.17, 15) is 14.4 Å². The van der Waals surface area contributed by atoms with Crippen LogP contribution >= 0.6 is 34.7 Å². The third-order valence-corrected chi connectivity index (χ3v) is 6.94. The molecule has 0 atom stereocenters. The van der Waals surface area contributed by atoms with Crippen molar-refractivity contribution >= 4 is 69.3 Å². The summed E-state index contributed by atoms with van der Waals surface area (Å²) in [5.41, 5.74) is 1.68. The highest BCUT2D eigenvalue weighted by atomic mass is 35.5. The van der Waals surface area contributed by atoms with Crippen molar-refractivity contribution in [2.45, 2.75) is 11.8 Å². The summed E-state index contributed by atoms with van der Waals surface area (Å²) in [5.74, 6) is -0.972. The molecule has 3 aromatic carbocycles. The predicted molar refractivity (Wildman–Crippen MR) is 152 cm³/mol. The Morgan fingerprint density at radius 2 is 1.71 bits per heavy atom. The van der Waals surface area contributed by atoms with E-state index in [0.717, 1.165) is 9.90 Å². The minimum Gasteiger partial charge on any atom is -0.321 e. The summed E-state index contributed by atoms with van der Waals surface area (Å²) in [7, 11) is 0. The zero-order valence-electron chi connectivity index (χ0n) is 20.1. The molecule has 1 heterocycles. The molecule has 11 heteroatoms. The molecule has 4 rings (SSSR count). The van der Waals surface area contributed by atoms with E-state index >= 15 is 0 Å². The average molecular weight is 564 g/mol. The Hall–Kier alpha value is -3.99. The Labute approximate surface area is 232 Å². The van der Waals surface area contributed by atoms with Gasteiger partial charge in [0.05, 0.1) is 5.75 Å². The standard InChI is InChI=1S/C27H22ClN5O3S2/c1-17-32-33-27(38-17)31-24(34)16-37-22-9-5-8-21(15-22)29-26(36)23(14-18-10-12-20(28)13-11-18)30-25(35)19-6-3-2-4-7-19/h2-15H,16H2,1H3,(H,29,36)(H,30,35)(H,31,33,34)/b23-14-. The van der Waals surface area contributed by atoms with E-state index in [1.807, 2.05) is 13.0 Å². The van der Waals surface area contributed by atoms with Crippen LogP contribution in [0.4, 0.5) is 10.8 Å². The molecular weight excluding hydrogens is 542 g/mol. The van der Waals surface area contributed by atoms with E-state index in [-0.39, 0.29) is 17.4 Å². The molecule has 192 valence electrons. The van der Waals surface area contributed by atoms with Crippen molar-refractivity contribution in [2.75, 3.05) is 16.4 Å². The van der Waals surface area contributed by atoms with Gasteiger partial charge < -0.3 is 10.6 Å². The molecule has 4 aromatic rings. The van der Waals surface area contributed by atoms with Gasteiger partial charge in [0.15, 0.2) is 0 Å². The van der Waals surface area contributed by atoms with Crippen molar-refractivity contribution in [2.24, 2.45) is 0 Å². The van der Waals surface area contributed by atoms with Gasteiger partial charge in [0.2, 0.25) is 11.0 Å². The number of nitrogens with one attached hydrogen (secondary N) is 3. The third-order valence-electron chi connectivity index (χ3n) is 4.94. The molecule has 3 amide bonds. The van der Waals surface area contributed by atoms with Crippen LogP contribution in [-0.2, 0) is 9.59 Å². The lowest BCUT2D eigenvalue weighted by Crippen LogP contribution is -2.30. The molecule has 3 N–H and O–H groups in total. The first-order valence-electron chi connectivity index (χ1n) is 11.3. The lowest BCUT2D eigenvalue weighted by Gasteiger charge is -2.12. The Bertz CT molecular complexity index is 1470. The van der Waals surface area contributed by atoms with E-state index in [1.54, 1.807) is 78.9 Å². The highest BCUT2D eigenvalue weighted by molar-refractivity contribution is 8.00. The second kappa shape index (κ2) is 13.0. The molecule has 0 bridgehead atoms. The van der Waals surface area contributed by atoms with Crippen LogP contribution in [0.3, 0.4) is 0 Å². The average Bonchev–Trinajstić information content (AvgIpc) is 3.33. The van der Waals surface area contributed by atoms with Crippen LogP contribution in [0.2, 0.25) is 5.02 Å². The fourth-order valence-corrected chi connectivity index (χ4v) is 4.67. The number of amides is 3. The predicted octanol–water partition coefficient (Wildman–Crippen LogP) is 5.64. The van der Waals surface area contributed by atoms with Gasteiger partial charge in [-0.05, 0) is 61.0 Å². The van der Waals surface area contributed by atoms with Gasteiger partial charge in [-0.25, -0.2) is 0 Å². The number of hydrogen-bond acceptors (Lipinski definition) is 7. The first-order chi connectivity index (χ1) is 18.4. The van der Waals surface area contributed by atoms with Gasteiger partial charge in [-0.3, -0.25) is 19.7 Å². The van der Waals surface area contributed by atoms with Crippen molar-refractivity contribution in [3.63, 3.8) is 0 Å². The zero-order valence-corrected chi connectivity index (χ0v) is 22.5. The van der Waals surface area contributed by atoms with Crippen LogP contribution in [0, 0.1) is 6.92 Å². The summed E-state index contributed by atoms with van der Waals surface area (Å²) in [6.07, 6.45) is 1.57. The number of carbonyl (C=O) groups is 3. The van der Waals surface area contributed by atoms with Gasteiger partial charge in [0.25, 0.3) is 11.8 Å². The highest BCUT2D eigenvalue weighted by Gasteiger charge is 2.15. The maximum absolute atomic E-state index is 13.2. The Balaban J connectivity index is 1.45. The van der Waals surface area contributed by atoms with E-state index in [2.05, 4.69) is 26.1 Å². The Morgan fingerprint density at radius 3 is 2.42 bits per heavy atom. The molecule has 0 saturated heterocycles. The first-order valence-corrected chi connectivity index (χ1v) is 13.5. The normalized spacial score (nSPS) is 11.1. The largest absolute Gasteiger partial charge is 0.321 e. The molecule has 0 aliphatic carbocycles. The molecule has 0 aliphatic rings. The van der Waals surface area contributed by atoms with E-state index < -0.39 is 11.8 Å². The number of halogens is 1. The molecule has 0 spiro atoms. The van der Waals surface area contributed by atoms with Crippen LogP contribution < -0.4 is 16.0 Å². The summed E-state index contributed by atoms with van der Waals surface area (Å²) in [4.78, 5) is 39.0. The number of nitrogens with zero attached hydrogens (tertiary/aromatic N) is 2. The topological polar surface area (TPSA) is 113 Å². The molecule has 0 aliphatic heterocycles. The van der Waals surface area contributed by atoms with Gasteiger partial charge in [0.1, 0.15) is 10.7 Å². The molecule has 0 radical (unpaired) electrons. The molecule has 38 heavy (non-hydrogen) atoms. The number of carbonyl (C=O) groups excluding carboxylic acids is 3. The molecule has 0 fully saturated rings. The van der Waals surface area contributed by atoms with Gasteiger partial charge in [-0.2, -0.15) is 0 Å². The second-order valence-corrected chi connectivity index (χ2v) is 10.5. The first kappa shape index (κ1) is 27.1. The summed E-state index contributed by atoms with van der Waals surface area (Å²) in [6, 6.07) is 22.6. The summed E-state index contributed by atoms with van der Waals surface area (Å²) >= 11 is 8.59. The second-order valence-electron chi connectivity index (χ2n) is 7.87. The maximum atomic E-state index is 13.2. The fourth-order valence-electron chi connectivity index (χ4n) is 3.18. The molecular formula is C27H22ClN5O3S2. The number of aromatic nitrogens is 2. The molecule has 1 aromatic heterocycles. The molecule has 8 nitrogen and oxygen atoms in total. The summed E-state index contributed by atoms with van der Waals surface area (Å²) < 4.78 is 0. The summed E-state index contributed by atoms with van der Waals surface area (Å²) in [6.45, 7) is 1.81. The van der Waals surface area contributed by atoms with E-state index in [0.29, 0.717) is 27.0 Å². The molecule has 0 unspecified atom stereocenters. The Kier molecular flexibility index (Phi) is 9.26. The van der Waals surface area contributed by atoms with E-state index in [4.69, 9.17) is 11.6 Å². The number of aryl methyl sites for hydroxylation is 1. The zero-order chi connectivity index (χ0) is 26.9. The smallest absolute Gasteiger partial charge is 0.272 e. The van der Waals surface area contributed by atoms with E-state index in [1.165, 1.54) is 23.1 Å². The monoisotopic (exact) mass is 563 g/mol. The van der Waals surface area contributed by atoms with Crippen molar-refractivity contribution in [3.05, 3.63) is 106 Å². The van der Waals surface area contributed by atoms with Crippen LogP contribution in [-0.4, -0.2) is 33.7 Å². The minimum absolute atomic E-state index is 0.0611. The van der Waals surface area contributed by atoms with Gasteiger partial charge >= 0.3 is 0 Å². The fraction of sp³-hybridized carbons (Fsp3) is 0.0741. The number of anilines is 2. The van der Waals surface area contributed by atoms with Crippen molar-refractivity contribution < 1.29 is 14.4 Å². The summed E-state index contributed by atoms with van der Waals surface area (Å²) in [5, 5.41) is 17.8. The van der Waals surface area contributed by atoms with Crippen molar-refractivity contribution in [1.82, 2.24) is 15.5 Å². The quantitative estimate of drug-likeness (QED) is 0.179. The third kappa shape index (κ3) is 8.01. The SMILES string of the molecule is Cc1nnc(NC(=O)CSc2cccc(NC(=O)/C(=C/c3ccc(Cl)cc3)NC(=O)c3ccccc3)c2)s1. The lowest BCUT2D eigenvalue weighted by atomic mass is 10.1. The van der Waals surface area contributed by atoms with Gasteiger partial charge in [-0.15, -0.1) is 22.0 Å². The Morgan fingerprint density at radius 1 is 0.947 bits per heavy atom. The number of rotatable bonds is 9. The number of hydrogen-bond donors (Lipinski definition) is 3. The van der Waals surface area contributed by atoms with Crippen LogP contribution in [0.1, 0.15) is 20.9 Å². The lowest BCUT2D eigenvalue weighted by molar-refractivity contribution is -0.114. The minimum atomic E-state index is -0.504. The highest BCUT2D eigenvalue weighted by Crippen LogP contribution is 2.23.